The highest BCUT2D eigenvalue weighted by molar-refractivity contribution is 7.91. The Morgan fingerprint density at radius 2 is 2.11 bits per heavy atom. The molecule has 2 rings (SSSR count). The largest absolute Gasteiger partial charge is 0.366 e. The molecule has 1 aromatic rings. The maximum absolute atomic E-state index is 12.1. The third-order valence-corrected chi connectivity index (χ3v) is 5.31. The molecule has 18 heavy (non-hydrogen) atoms. The second kappa shape index (κ2) is 5.28. The van der Waals surface area contributed by atoms with Crippen LogP contribution in [0, 0.1) is 0 Å². The van der Waals surface area contributed by atoms with Gasteiger partial charge in [0.25, 0.3) is 0 Å². The van der Waals surface area contributed by atoms with E-state index in [2.05, 4.69) is 4.90 Å². The van der Waals surface area contributed by atoms with Crippen molar-refractivity contribution < 1.29 is 8.42 Å². The van der Waals surface area contributed by atoms with Crippen molar-refractivity contribution in [3.05, 3.63) is 24.3 Å². The van der Waals surface area contributed by atoms with Crippen molar-refractivity contribution in [2.24, 2.45) is 5.73 Å². The summed E-state index contributed by atoms with van der Waals surface area (Å²) >= 11 is 0. The summed E-state index contributed by atoms with van der Waals surface area (Å²) in [5, 5.41) is 0. The minimum Gasteiger partial charge on any atom is -0.366 e. The fraction of sp³-hybridized carbons (Fsp3) is 0.538. The summed E-state index contributed by atoms with van der Waals surface area (Å²) in [6.07, 6.45) is 2.11. The molecule has 0 radical (unpaired) electrons. The summed E-state index contributed by atoms with van der Waals surface area (Å²) < 4.78 is 24.2. The topological polar surface area (TPSA) is 63.4 Å². The van der Waals surface area contributed by atoms with Gasteiger partial charge in [-0.2, -0.15) is 0 Å². The minimum absolute atomic E-state index is 0.130. The van der Waals surface area contributed by atoms with E-state index in [4.69, 9.17) is 5.73 Å². The predicted octanol–water partition coefficient (Wildman–Crippen LogP) is 1.41. The smallest absolute Gasteiger partial charge is 0.180 e. The highest BCUT2D eigenvalue weighted by Crippen LogP contribution is 2.31. The monoisotopic (exact) mass is 268 g/mol. The Kier molecular flexibility index (Phi) is 3.92. The number of hydrogen-bond donors (Lipinski definition) is 1. The molecule has 1 aliphatic heterocycles. The molecule has 1 unspecified atom stereocenters. The Hall–Kier alpha value is -1.07. The first kappa shape index (κ1) is 13.4. The molecule has 0 saturated carbocycles. The molecule has 5 heteroatoms. The van der Waals surface area contributed by atoms with Crippen LogP contribution in [0.1, 0.15) is 19.8 Å². The number of benzene rings is 1. The van der Waals surface area contributed by atoms with E-state index in [-0.39, 0.29) is 11.8 Å². The van der Waals surface area contributed by atoms with Crippen LogP contribution in [-0.2, 0) is 9.84 Å². The van der Waals surface area contributed by atoms with Crippen molar-refractivity contribution in [2.45, 2.75) is 30.7 Å². The molecular weight excluding hydrogens is 248 g/mol. The summed E-state index contributed by atoms with van der Waals surface area (Å²) in [5.74, 6) is 0.130. The molecule has 4 nitrogen and oxygen atoms in total. The molecule has 0 aliphatic carbocycles. The Labute approximate surface area is 109 Å². The van der Waals surface area contributed by atoms with Gasteiger partial charge in [-0.05, 0) is 25.0 Å². The molecule has 0 bridgehead atoms. The molecule has 100 valence electrons. The molecule has 1 atom stereocenters. The first-order valence-corrected chi connectivity index (χ1v) is 8.04. The maximum Gasteiger partial charge on any atom is 0.180 e. The lowest BCUT2D eigenvalue weighted by Gasteiger charge is -2.27. The number of nitrogens with two attached hydrogens (primary N) is 1. The van der Waals surface area contributed by atoms with Gasteiger partial charge >= 0.3 is 0 Å². The molecule has 0 aromatic heterocycles. The summed E-state index contributed by atoms with van der Waals surface area (Å²) in [5.41, 5.74) is 6.57. The van der Waals surface area contributed by atoms with Gasteiger partial charge in [-0.1, -0.05) is 19.1 Å². The van der Waals surface area contributed by atoms with Gasteiger partial charge in [-0.25, -0.2) is 8.42 Å². The Bertz CT molecular complexity index is 513. The lowest BCUT2D eigenvalue weighted by atomic mass is 10.2. The highest BCUT2D eigenvalue weighted by Gasteiger charge is 2.27. The fourth-order valence-corrected chi connectivity index (χ4v) is 3.61. The van der Waals surface area contributed by atoms with Gasteiger partial charge < -0.3 is 10.6 Å². The fourth-order valence-electron chi connectivity index (χ4n) is 2.51. The van der Waals surface area contributed by atoms with E-state index in [0.29, 0.717) is 11.4 Å². The van der Waals surface area contributed by atoms with Crippen LogP contribution in [0.25, 0.3) is 0 Å². The zero-order chi connectivity index (χ0) is 13.2. The average Bonchev–Trinajstić information content (AvgIpc) is 2.87. The number of rotatable bonds is 4. The summed E-state index contributed by atoms with van der Waals surface area (Å²) in [4.78, 5) is 2.58. The van der Waals surface area contributed by atoms with Gasteiger partial charge in [0.15, 0.2) is 9.84 Å². The molecule has 1 fully saturated rings. The van der Waals surface area contributed by atoms with Crippen LogP contribution in [0.5, 0.6) is 0 Å². The summed E-state index contributed by atoms with van der Waals surface area (Å²) in [6.45, 7) is 3.13. The quantitative estimate of drug-likeness (QED) is 0.896. The first-order valence-electron chi connectivity index (χ1n) is 6.38. The second-order valence-electron chi connectivity index (χ2n) is 4.60. The standard InChI is InChI=1S/C13H20N2O2S/c1-2-18(16,17)13-8-4-3-7-12(13)15-9-5-6-11(15)10-14/h3-4,7-8,11H,2,5-6,9-10,14H2,1H3. The van der Waals surface area contributed by atoms with Crippen molar-refractivity contribution in [1.82, 2.24) is 0 Å². The van der Waals surface area contributed by atoms with Gasteiger partial charge in [0, 0.05) is 19.1 Å². The summed E-state index contributed by atoms with van der Waals surface area (Å²) in [6, 6.07) is 7.50. The normalized spacial score (nSPS) is 20.3. The molecule has 1 aliphatic rings. The third-order valence-electron chi connectivity index (χ3n) is 3.54. The molecular formula is C13H20N2O2S. The van der Waals surface area contributed by atoms with Crippen LogP contribution < -0.4 is 10.6 Å². The Morgan fingerprint density at radius 3 is 2.78 bits per heavy atom. The number of sulfone groups is 1. The average molecular weight is 268 g/mol. The minimum atomic E-state index is -3.18. The highest BCUT2D eigenvalue weighted by atomic mass is 32.2. The van der Waals surface area contributed by atoms with Gasteiger partial charge in [0.05, 0.1) is 16.3 Å². The van der Waals surface area contributed by atoms with Gasteiger partial charge in [0.1, 0.15) is 0 Å². The number of hydrogen-bond acceptors (Lipinski definition) is 4. The van der Waals surface area contributed by atoms with Crippen molar-refractivity contribution in [2.75, 3.05) is 23.7 Å². The first-order chi connectivity index (χ1) is 8.60. The van der Waals surface area contributed by atoms with E-state index in [1.807, 2.05) is 12.1 Å². The molecule has 2 N–H and O–H groups in total. The van der Waals surface area contributed by atoms with Gasteiger partial charge in [-0.3, -0.25) is 0 Å². The molecule has 1 heterocycles. The van der Waals surface area contributed by atoms with Crippen LogP contribution in [0.15, 0.2) is 29.2 Å². The van der Waals surface area contributed by atoms with Crippen LogP contribution in [-0.4, -0.2) is 33.3 Å². The summed E-state index contributed by atoms with van der Waals surface area (Å²) in [7, 11) is -3.18. The third kappa shape index (κ3) is 2.37. The van der Waals surface area contributed by atoms with Gasteiger partial charge in [0.2, 0.25) is 0 Å². The molecule has 1 saturated heterocycles. The van der Waals surface area contributed by atoms with Crippen molar-refractivity contribution in [3.63, 3.8) is 0 Å². The van der Waals surface area contributed by atoms with E-state index in [1.165, 1.54) is 0 Å². The zero-order valence-corrected chi connectivity index (χ0v) is 11.5. The van der Waals surface area contributed by atoms with E-state index < -0.39 is 9.84 Å². The lowest BCUT2D eigenvalue weighted by Crippen LogP contribution is -2.36. The Morgan fingerprint density at radius 1 is 1.39 bits per heavy atom. The van der Waals surface area contributed by atoms with E-state index >= 15 is 0 Å². The van der Waals surface area contributed by atoms with Crippen molar-refractivity contribution in [3.8, 4) is 0 Å². The second-order valence-corrected chi connectivity index (χ2v) is 6.84. The zero-order valence-electron chi connectivity index (χ0n) is 10.7. The van der Waals surface area contributed by atoms with E-state index in [0.717, 1.165) is 25.1 Å². The van der Waals surface area contributed by atoms with Crippen LogP contribution in [0.3, 0.4) is 0 Å². The number of anilines is 1. The molecule has 0 spiro atoms. The van der Waals surface area contributed by atoms with Crippen LogP contribution in [0.4, 0.5) is 5.69 Å². The SMILES string of the molecule is CCS(=O)(=O)c1ccccc1N1CCCC1CN. The molecule has 0 amide bonds. The van der Waals surface area contributed by atoms with E-state index in [1.54, 1.807) is 19.1 Å². The predicted molar refractivity (Wildman–Crippen MR) is 73.6 cm³/mol. The number of nitrogens with zero attached hydrogens (tertiary/aromatic N) is 1. The van der Waals surface area contributed by atoms with Crippen LogP contribution in [0.2, 0.25) is 0 Å². The number of para-hydroxylation sites is 1. The van der Waals surface area contributed by atoms with Crippen LogP contribution >= 0.6 is 0 Å². The van der Waals surface area contributed by atoms with Gasteiger partial charge in [-0.15, -0.1) is 0 Å². The maximum atomic E-state index is 12.1. The van der Waals surface area contributed by atoms with Crippen molar-refractivity contribution in [1.29, 1.82) is 0 Å². The lowest BCUT2D eigenvalue weighted by molar-refractivity contribution is 0.596. The molecule has 1 aromatic carbocycles. The van der Waals surface area contributed by atoms with E-state index in [9.17, 15) is 8.42 Å². The Balaban J connectivity index is 2.45. The van der Waals surface area contributed by atoms with Crippen molar-refractivity contribution >= 4 is 15.5 Å².